The Bertz CT molecular complexity index is 1200. The van der Waals surface area contributed by atoms with Crippen molar-refractivity contribution in [2.24, 2.45) is 0 Å². The van der Waals surface area contributed by atoms with Crippen LogP contribution in [0.5, 0.6) is 0 Å². The summed E-state index contributed by atoms with van der Waals surface area (Å²) >= 11 is 6.04. The van der Waals surface area contributed by atoms with Crippen LogP contribution in [0.15, 0.2) is 60.8 Å². The van der Waals surface area contributed by atoms with E-state index in [4.69, 9.17) is 16.7 Å². The molecule has 28 heavy (non-hydrogen) atoms. The third-order valence-corrected chi connectivity index (χ3v) is 5.75. The summed E-state index contributed by atoms with van der Waals surface area (Å²) in [5.41, 5.74) is 6.48. The van der Waals surface area contributed by atoms with Crippen molar-refractivity contribution in [3.8, 4) is 11.1 Å². The van der Waals surface area contributed by atoms with Gasteiger partial charge in [-0.3, -0.25) is 4.79 Å². The number of rotatable bonds is 2. The second-order valence-corrected chi connectivity index (χ2v) is 7.70. The smallest absolute Gasteiger partial charge is 0.166 e. The Balaban J connectivity index is 1.67. The molecule has 0 aliphatic heterocycles. The highest BCUT2D eigenvalue weighted by molar-refractivity contribution is 6.30. The fourth-order valence-corrected chi connectivity index (χ4v) is 4.25. The number of carbonyl (C=O) groups excluding carboxylic acids is 1. The van der Waals surface area contributed by atoms with Crippen LogP contribution < -0.4 is 0 Å². The molecule has 0 N–H and O–H groups in total. The number of halogens is 1. The van der Waals surface area contributed by atoms with Gasteiger partial charge in [0.1, 0.15) is 0 Å². The quantitative estimate of drug-likeness (QED) is 0.470. The minimum absolute atomic E-state index is 0.130. The highest BCUT2D eigenvalue weighted by Crippen LogP contribution is 2.35. The molecule has 2 heterocycles. The van der Waals surface area contributed by atoms with Crippen LogP contribution in [0, 0.1) is 6.92 Å². The van der Waals surface area contributed by atoms with Crippen molar-refractivity contribution in [3.05, 3.63) is 88.3 Å². The molecule has 0 spiro atoms. The van der Waals surface area contributed by atoms with E-state index in [0.717, 1.165) is 34.6 Å². The Hall–Kier alpha value is -2.98. The molecule has 0 amide bonds. The van der Waals surface area contributed by atoms with Gasteiger partial charge in [-0.15, -0.1) is 0 Å². The van der Waals surface area contributed by atoms with Crippen LogP contribution in [0.2, 0.25) is 5.02 Å². The van der Waals surface area contributed by atoms with Crippen LogP contribution in [-0.4, -0.2) is 20.4 Å². The standard InChI is InChI=1S/C23H18ClN3O/c1-14-22(16-7-9-18(24)10-8-16)23-25-13-19-20(27(23)26-14)11-17(12-21(19)28)15-5-3-2-4-6-15/h2-10,13,17H,11-12H2,1H3/t17-/m0/s1. The number of benzene rings is 2. The zero-order valence-electron chi connectivity index (χ0n) is 15.4. The van der Waals surface area contributed by atoms with E-state index in [1.807, 2.05) is 53.9 Å². The summed E-state index contributed by atoms with van der Waals surface area (Å²) in [6.45, 7) is 1.98. The summed E-state index contributed by atoms with van der Waals surface area (Å²) < 4.78 is 1.86. The fourth-order valence-electron chi connectivity index (χ4n) is 4.12. The van der Waals surface area contributed by atoms with Gasteiger partial charge in [-0.1, -0.05) is 54.1 Å². The van der Waals surface area contributed by atoms with Crippen LogP contribution in [0.4, 0.5) is 0 Å². The number of Topliss-reactive ketones (excluding diaryl/α,β-unsaturated/α-hetero) is 1. The Kier molecular flexibility index (Phi) is 4.02. The van der Waals surface area contributed by atoms with Gasteiger partial charge in [-0.25, -0.2) is 9.50 Å². The van der Waals surface area contributed by atoms with E-state index in [2.05, 4.69) is 17.1 Å². The number of aromatic nitrogens is 3. The van der Waals surface area contributed by atoms with Gasteiger partial charge in [0.25, 0.3) is 0 Å². The number of aryl methyl sites for hydroxylation is 1. The molecule has 0 radical (unpaired) electrons. The number of carbonyl (C=O) groups is 1. The Morgan fingerprint density at radius 3 is 2.54 bits per heavy atom. The van der Waals surface area contributed by atoms with E-state index in [9.17, 15) is 4.79 Å². The molecular formula is C23H18ClN3O. The van der Waals surface area contributed by atoms with E-state index in [0.29, 0.717) is 17.0 Å². The van der Waals surface area contributed by atoms with Gasteiger partial charge in [0.2, 0.25) is 0 Å². The largest absolute Gasteiger partial charge is 0.294 e. The molecule has 5 rings (SSSR count). The molecule has 138 valence electrons. The second-order valence-electron chi connectivity index (χ2n) is 7.26. The lowest BCUT2D eigenvalue weighted by Gasteiger charge is -2.24. The molecule has 1 atom stereocenters. The lowest BCUT2D eigenvalue weighted by Crippen LogP contribution is -2.22. The van der Waals surface area contributed by atoms with Gasteiger partial charge in [0, 0.05) is 23.2 Å². The van der Waals surface area contributed by atoms with Gasteiger partial charge in [0.05, 0.1) is 17.0 Å². The molecule has 2 aromatic heterocycles. The van der Waals surface area contributed by atoms with E-state index in [-0.39, 0.29) is 11.7 Å². The summed E-state index contributed by atoms with van der Waals surface area (Å²) in [5.74, 6) is 0.293. The summed E-state index contributed by atoms with van der Waals surface area (Å²) in [5, 5.41) is 5.45. The summed E-state index contributed by atoms with van der Waals surface area (Å²) in [7, 11) is 0. The van der Waals surface area contributed by atoms with Gasteiger partial charge in [-0.05, 0) is 42.5 Å². The topological polar surface area (TPSA) is 47.3 Å². The van der Waals surface area contributed by atoms with E-state index in [1.165, 1.54) is 5.56 Å². The molecule has 0 saturated carbocycles. The molecule has 0 unspecified atom stereocenters. The molecular weight excluding hydrogens is 370 g/mol. The molecule has 1 aliphatic carbocycles. The lowest BCUT2D eigenvalue weighted by atomic mass is 9.82. The van der Waals surface area contributed by atoms with Crippen LogP contribution in [0.3, 0.4) is 0 Å². The molecule has 2 aromatic carbocycles. The first kappa shape index (κ1) is 17.1. The lowest BCUT2D eigenvalue weighted by molar-refractivity contribution is 0.0962. The maximum atomic E-state index is 12.8. The Morgan fingerprint density at radius 1 is 1.04 bits per heavy atom. The van der Waals surface area contributed by atoms with E-state index < -0.39 is 0 Å². The highest BCUT2D eigenvalue weighted by Gasteiger charge is 2.30. The molecule has 0 bridgehead atoms. The zero-order chi connectivity index (χ0) is 19.3. The summed E-state index contributed by atoms with van der Waals surface area (Å²) in [4.78, 5) is 17.4. The average molecular weight is 388 g/mol. The normalized spacial score (nSPS) is 16.4. The fraction of sp³-hybridized carbons (Fsp3) is 0.174. The predicted molar refractivity (Wildman–Crippen MR) is 110 cm³/mol. The third-order valence-electron chi connectivity index (χ3n) is 5.49. The van der Waals surface area contributed by atoms with Crippen LogP contribution in [0.25, 0.3) is 16.8 Å². The Morgan fingerprint density at radius 2 is 1.79 bits per heavy atom. The van der Waals surface area contributed by atoms with Crippen LogP contribution in [0.1, 0.15) is 39.6 Å². The number of hydrogen-bond donors (Lipinski definition) is 0. The first-order valence-electron chi connectivity index (χ1n) is 9.33. The van der Waals surface area contributed by atoms with Gasteiger partial charge >= 0.3 is 0 Å². The maximum absolute atomic E-state index is 12.8. The van der Waals surface area contributed by atoms with Crippen molar-refractivity contribution >= 4 is 23.0 Å². The maximum Gasteiger partial charge on any atom is 0.166 e. The number of nitrogens with zero attached hydrogens (tertiary/aromatic N) is 3. The van der Waals surface area contributed by atoms with Crippen molar-refractivity contribution in [2.45, 2.75) is 25.7 Å². The predicted octanol–water partition coefficient (Wildman–Crippen LogP) is 5.27. The molecule has 1 aliphatic rings. The highest BCUT2D eigenvalue weighted by atomic mass is 35.5. The molecule has 4 nitrogen and oxygen atoms in total. The van der Waals surface area contributed by atoms with Crippen molar-refractivity contribution in [2.75, 3.05) is 0 Å². The van der Waals surface area contributed by atoms with E-state index >= 15 is 0 Å². The number of ketones is 1. The van der Waals surface area contributed by atoms with Crippen molar-refractivity contribution in [1.29, 1.82) is 0 Å². The molecule has 0 saturated heterocycles. The van der Waals surface area contributed by atoms with Crippen molar-refractivity contribution in [3.63, 3.8) is 0 Å². The SMILES string of the molecule is Cc1nn2c3c(cnc2c1-c1ccc(Cl)cc1)C(=O)C[C@@H](c1ccccc1)C3. The second kappa shape index (κ2) is 6.57. The van der Waals surface area contributed by atoms with Crippen molar-refractivity contribution in [1.82, 2.24) is 14.6 Å². The molecule has 0 fully saturated rings. The first-order valence-corrected chi connectivity index (χ1v) is 9.71. The van der Waals surface area contributed by atoms with Crippen LogP contribution in [-0.2, 0) is 6.42 Å². The van der Waals surface area contributed by atoms with Crippen LogP contribution >= 0.6 is 11.6 Å². The molecule has 4 aromatic rings. The minimum atomic E-state index is 0.130. The van der Waals surface area contributed by atoms with Gasteiger partial charge < -0.3 is 0 Å². The Labute approximate surface area is 167 Å². The number of fused-ring (bicyclic) bond motifs is 3. The summed E-state index contributed by atoms with van der Waals surface area (Å²) in [6, 6.07) is 17.9. The van der Waals surface area contributed by atoms with Gasteiger partial charge in [0.15, 0.2) is 11.4 Å². The monoisotopic (exact) mass is 387 g/mol. The van der Waals surface area contributed by atoms with Gasteiger partial charge in [-0.2, -0.15) is 5.10 Å². The van der Waals surface area contributed by atoms with E-state index in [1.54, 1.807) is 6.20 Å². The van der Waals surface area contributed by atoms with Crippen molar-refractivity contribution < 1.29 is 4.79 Å². The average Bonchev–Trinajstić information content (AvgIpc) is 3.05. The minimum Gasteiger partial charge on any atom is -0.294 e. The number of hydrogen-bond acceptors (Lipinski definition) is 3. The first-order chi connectivity index (χ1) is 13.6. The summed E-state index contributed by atoms with van der Waals surface area (Å²) in [6.07, 6.45) is 2.99. The molecule has 5 heteroatoms. The zero-order valence-corrected chi connectivity index (χ0v) is 16.1. The third kappa shape index (κ3) is 2.72.